The van der Waals surface area contributed by atoms with Crippen LogP contribution in [-0.2, 0) is 6.54 Å². The second kappa shape index (κ2) is 7.36. The Kier molecular flexibility index (Phi) is 4.72. The van der Waals surface area contributed by atoms with Crippen molar-refractivity contribution < 1.29 is 0 Å². The van der Waals surface area contributed by atoms with Crippen LogP contribution >= 0.6 is 46.7 Å². The Morgan fingerprint density at radius 2 is 1.75 bits per heavy atom. The van der Waals surface area contributed by atoms with E-state index in [-0.39, 0.29) is 0 Å². The zero-order chi connectivity index (χ0) is 19.1. The molecule has 0 fully saturated rings. The van der Waals surface area contributed by atoms with E-state index in [4.69, 9.17) is 27.2 Å². The fourth-order valence-electron chi connectivity index (χ4n) is 2.98. The standard InChI is InChI=1S/C20H14N4S4/c1-12-21-17-16(27-20(25)24(17)11-13-7-3-2-4-8-13)18(22-12)28-19-23-14-9-5-6-10-15(14)26-19/h2-10H,11H2,1H3. The largest absolute Gasteiger partial charge is 0.303 e. The smallest absolute Gasteiger partial charge is 0.163 e. The zero-order valence-electron chi connectivity index (χ0n) is 14.8. The number of hydrogen-bond acceptors (Lipinski definition) is 7. The molecule has 0 aliphatic rings. The third kappa shape index (κ3) is 3.37. The Bertz CT molecular complexity index is 1320. The average Bonchev–Trinajstić information content (AvgIpc) is 3.24. The number of benzene rings is 2. The Hall–Kier alpha value is -2.13. The fourth-order valence-corrected chi connectivity index (χ4v) is 6.48. The first-order valence-corrected chi connectivity index (χ1v) is 11.5. The number of hydrogen-bond donors (Lipinski definition) is 0. The highest BCUT2D eigenvalue weighted by molar-refractivity contribution is 8.01. The summed E-state index contributed by atoms with van der Waals surface area (Å²) in [5.74, 6) is 0.741. The lowest BCUT2D eigenvalue weighted by Gasteiger charge is -2.06. The number of aromatic nitrogens is 4. The highest BCUT2D eigenvalue weighted by atomic mass is 32.2. The van der Waals surface area contributed by atoms with Gasteiger partial charge >= 0.3 is 0 Å². The maximum atomic E-state index is 5.66. The van der Waals surface area contributed by atoms with Gasteiger partial charge in [-0.05, 0) is 48.6 Å². The molecular weight excluding hydrogens is 425 g/mol. The lowest BCUT2D eigenvalue weighted by Crippen LogP contribution is -2.02. The van der Waals surface area contributed by atoms with E-state index in [1.165, 1.54) is 10.3 Å². The first-order chi connectivity index (χ1) is 13.7. The minimum absolute atomic E-state index is 0.710. The predicted octanol–water partition coefficient (Wildman–Crippen LogP) is 6.34. The summed E-state index contributed by atoms with van der Waals surface area (Å²) in [7, 11) is 0. The molecular formula is C20H14N4S4. The van der Waals surface area contributed by atoms with Crippen LogP contribution in [0.4, 0.5) is 0 Å². The Morgan fingerprint density at radius 3 is 2.57 bits per heavy atom. The van der Waals surface area contributed by atoms with E-state index in [9.17, 15) is 0 Å². The number of para-hydroxylation sites is 1. The molecule has 28 heavy (non-hydrogen) atoms. The quantitative estimate of drug-likeness (QED) is 0.242. The number of fused-ring (bicyclic) bond motifs is 2. The molecule has 0 amide bonds. The van der Waals surface area contributed by atoms with Crippen molar-refractivity contribution in [3.8, 4) is 0 Å². The maximum absolute atomic E-state index is 5.66. The van der Waals surface area contributed by atoms with Crippen LogP contribution in [0, 0.1) is 10.9 Å². The minimum Gasteiger partial charge on any atom is -0.303 e. The zero-order valence-corrected chi connectivity index (χ0v) is 18.1. The van der Waals surface area contributed by atoms with Gasteiger partial charge in [0, 0.05) is 0 Å². The number of rotatable bonds is 4. The summed E-state index contributed by atoms with van der Waals surface area (Å²) in [6.07, 6.45) is 0. The maximum Gasteiger partial charge on any atom is 0.163 e. The second-order valence-corrected chi connectivity index (χ2v) is 10.1. The average molecular weight is 439 g/mol. The van der Waals surface area contributed by atoms with Gasteiger partial charge < -0.3 is 4.57 Å². The lowest BCUT2D eigenvalue weighted by molar-refractivity contribution is 0.811. The van der Waals surface area contributed by atoms with Gasteiger partial charge in [-0.3, -0.25) is 0 Å². The Morgan fingerprint density at radius 1 is 0.964 bits per heavy atom. The van der Waals surface area contributed by atoms with E-state index in [0.717, 1.165) is 35.0 Å². The molecule has 0 bridgehead atoms. The van der Waals surface area contributed by atoms with E-state index in [1.54, 1.807) is 34.4 Å². The van der Waals surface area contributed by atoms with E-state index < -0.39 is 0 Å². The highest BCUT2D eigenvalue weighted by Gasteiger charge is 2.16. The van der Waals surface area contributed by atoms with Gasteiger partial charge in [0.05, 0.1) is 16.8 Å². The molecule has 2 aromatic carbocycles. The highest BCUT2D eigenvalue weighted by Crippen LogP contribution is 2.38. The van der Waals surface area contributed by atoms with E-state index in [2.05, 4.69) is 22.8 Å². The summed E-state index contributed by atoms with van der Waals surface area (Å²) in [4.78, 5) is 14.1. The molecule has 0 aliphatic carbocycles. The van der Waals surface area contributed by atoms with E-state index >= 15 is 0 Å². The summed E-state index contributed by atoms with van der Waals surface area (Å²) in [6, 6.07) is 18.5. The second-order valence-electron chi connectivity index (χ2n) is 6.22. The van der Waals surface area contributed by atoms with Gasteiger partial charge in [-0.25, -0.2) is 15.0 Å². The lowest BCUT2D eigenvalue weighted by atomic mass is 10.2. The summed E-state index contributed by atoms with van der Waals surface area (Å²) < 4.78 is 6.10. The van der Waals surface area contributed by atoms with Gasteiger partial charge in [0.15, 0.2) is 13.9 Å². The third-order valence-corrected chi connectivity index (χ3v) is 7.90. The molecule has 0 aliphatic heterocycles. The molecule has 0 N–H and O–H groups in total. The molecule has 0 spiro atoms. The molecule has 0 saturated carbocycles. The van der Waals surface area contributed by atoms with Gasteiger partial charge in [-0.15, -0.1) is 22.7 Å². The third-order valence-electron chi connectivity index (χ3n) is 4.24. The monoisotopic (exact) mass is 438 g/mol. The number of nitrogens with zero attached hydrogens (tertiary/aromatic N) is 4. The number of aryl methyl sites for hydroxylation is 1. The predicted molar refractivity (Wildman–Crippen MR) is 120 cm³/mol. The Balaban J connectivity index is 1.59. The van der Waals surface area contributed by atoms with Gasteiger partial charge in [-0.1, -0.05) is 42.5 Å². The van der Waals surface area contributed by atoms with Crippen LogP contribution in [0.25, 0.3) is 20.6 Å². The van der Waals surface area contributed by atoms with Gasteiger partial charge in [0.25, 0.3) is 0 Å². The van der Waals surface area contributed by atoms with E-state index in [1.807, 2.05) is 43.3 Å². The molecule has 5 aromatic rings. The van der Waals surface area contributed by atoms with Crippen LogP contribution in [-0.4, -0.2) is 19.5 Å². The molecule has 0 unspecified atom stereocenters. The van der Waals surface area contributed by atoms with Crippen molar-refractivity contribution in [2.75, 3.05) is 0 Å². The van der Waals surface area contributed by atoms with Crippen molar-refractivity contribution >= 4 is 67.2 Å². The summed E-state index contributed by atoms with van der Waals surface area (Å²) in [5, 5.41) is 0.921. The van der Waals surface area contributed by atoms with Crippen LogP contribution in [0.3, 0.4) is 0 Å². The molecule has 4 nitrogen and oxygen atoms in total. The van der Waals surface area contributed by atoms with Crippen LogP contribution in [0.15, 0.2) is 64.0 Å². The summed E-state index contributed by atoms with van der Waals surface area (Å²) in [6.45, 7) is 2.64. The van der Waals surface area contributed by atoms with Crippen LogP contribution in [0.5, 0.6) is 0 Å². The van der Waals surface area contributed by atoms with Crippen molar-refractivity contribution in [2.24, 2.45) is 0 Å². The van der Waals surface area contributed by atoms with Gasteiger partial charge in [-0.2, -0.15) is 0 Å². The van der Waals surface area contributed by atoms with E-state index in [0.29, 0.717) is 6.54 Å². The molecule has 0 saturated heterocycles. The van der Waals surface area contributed by atoms with Crippen molar-refractivity contribution in [2.45, 2.75) is 22.8 Å². The molecule has 138 valence electrons. The van der Waals surface area contributed by atoms with Crippen LogP contribution in [0.2, 0.25) is 0 Å². The van der Waals surface area contributed by atoms with Crippen molar-refractivity contribution in [3.63, 3.8) is 0 Å². The molecule has 5 rings (SSSR count). The van der Waals surface area contributed by atoms with Gasteiger partial charge in [0.1, 0.15) is 15.6 Å². The summed E-state index contributed by atoms with van der Waals surface area (Å²) >= 11 is 10.5. The minimum atomic E-state index is 0.710. The van der Waals surface area contributed by atoms with Gasteiger partial charge in [0.2, 0.25) is 0 Å². The molecule has 3 aromatic heterocycles. The van der Waals surface area contributed by atoms with Crippen molar-refractivity contribution in [1.29, 1.82) is 0 Å². The fraction of sp³-hybridized carbons (Fsp3) is 0.100. The topological polar surface area (TPSA) is 43.6 Å². The van der Waals surface area contributed by atoms with Crippen molar-refractivity contribution in [3.05, 3.63) is 69.9 Å². The molecule has 0 radical (unpaired) electrons. The molecule has 8 heteroatoms. The first-order valence-electron chi connectivity index (χ1n) is 8.63. The molecule has 3 heterocycles. The van der Waals surface area contributed by atoms with Crippen LogP contribution < -0.4 is 0 Å². The normalized spacial score (nSPS) is 11.5. The molecule has 0 atom stereocenters. The Labute approximate surface area is 178 Å². The van der Waals surface area contributed by atoms with Crippen molar-refractivity contribution in [1.82, 2.24) is 19.5 Å². The first kappa shape index (κ1) is 17.9. The van der Waals surface area contributed by atoms with Crippen LogP contribution in [0.1, 0.15) is 11.4 Å². The number of thiazole rings is 2. The summed E-state index contributed by atoms with van der Waals surface area (Å²) in [5.41, 5.74) is 3.12. The SMILES string of the molecule is Cc1nc(Sc2nc3ccccc3s2)c2sc(=S)n(Cc3ccccc3)c2n1.